The fraction of sp³-hybridized carbons (Fsp3) is 0.0588. The van der Waals surface area contributed by atoms with E-state index in [1.54, 1.807) is 24.3 Å². The van der Waals surface area contributed by atoms with E-state index in [0.29, 0.717) is 11.3 Å². The van der Waals surface area contributed by atoms with Crippen molar-refractivity contribution in [2.24, 2.45) is 0 Å². The summed E-state index contributed by atoms with van der Waals surface area (Å²) in [7, 11) is 0. The van der Waals surface area contributed by atoms with E-state index in [2.05, 4.69) is 15.5 Å². The molecule has 0 aliphatic rings. The SMILES string of the molecule is CC(=O)c1cccc(NC(=O)c2nnc(-c3ccccc3F)o2)c1. The molecule has 1 amide bonds. The van der Waals surface area contributed by atoms with Crippen LogP contribution in [0, 0.1) is 5.82 Å². The second kappa shape index (κ2) is 6.41. The topological polar surface area (TPSA) is 85.1 Å². The summed E-state index contributed by atoms with van der Waals surface area (Å²) in [5, 5.41) is 9.86. The summed E-state index contributed by atoms with van der Waals surface area (Å²) in [6.07, 6.45) is 0. The van der Waals surface area contributed by atoms with Gasteiger partial charge in [0.25, 0.3) is 5.89 Å². The number of carbonyl (C=O) groups excluding carboxylic acids is 2. The minimum absolute atomic E-state index is 0.0873. The molecule has 3 rings (SSSR count). The monoisotopic (exact) mass is 325 g/mol. The number of nitrogens with zero attached hydrogens (tertiary/aromatic N) is 2. The number of amides is 1. The molecular weight excluding hydrogens is 313 g/mol. The van der Waals surface area contributed by atoms with E-state index in [4.69, 9.17) is 4.42 Å². The van der Waals surface area contributed by atoms with Crippen LogP contribution < -0.4 is 5.32 Å². The molecule has 120 valence electrons. The van der Waals surface area contributed by atoms with Crippen molar-refractivity contribution < 1.29 is 18.4 Å². The Morgan fingerprint density at radius 2 is 1.88 bits per heavy atom. The van der Waals surface area contributed by atoms with Gasteiger partial charge in [0.05, 0.1) is 5.56 Å². The predicted molar refractivity (Wildman–Crippen MR) is 84.1 cm³/mol. The van der Waals surface area contributed by atoms with Crippen LogP contribution in [0.2, 0.25) is 0 Å². The average molecular weight is 325 g/mol. The zero-order chi connectivity index (χ0) is 17.1. The Bertz CT molecular complexity index is 921. The smallest absolute Gasteiger partial charge is 0.313 e. The van der Waals surface area contributed by atoms with Crippen molar-refractivity contribution in [3.8, 4) is 11.5 Å². The van der Waals surface area contributed by atoms with Crippen molar-refractivity contribution in [3.05, 3.63) is 65.8 Å². The summed E-state index contributed by atoms with van der Waals surface area (Å²) < 4.78 is 18.9. The molecule has 0 unspecified atom stereocenters. The van der Waals surface area contributed by atoms with Gasteiger partial charge in [-0.3, -0.25) is 9.59 Å². The fourth-order valence-corrected chi connectivity index (χ4v) is 2.06. The van der Waals surface area contributed by atoms with Gasteiger partial charge < -0.3 is 9.73 Å². The van der Waals surface area contributed by atoms with Gasteiger partial charge in [-0.2, -0.15) is 0 Å². The van der Waals surface area contributed by atoms with Crippen molar-refractivity contribution in [1.29, 1.82) is 0 Å². The summed E-state index contributed by atoms with van der Waals surface area (Å²) >= 11 is 0. The molecule has 0 fully saturated rings. The van der Waals surface area contributed by atoms with E-state index in [1.807, 2.05) is 0 Å². The Hall–Kier alpha value is -3.35. The number of carbonyl (C=O) groups is 2. The van der Waals surface area contributed by atoms with E-state index in [9.17, 15) is 14.0 Å². The summed E-state index contributed by atoms with van der Waals surface area (Å²) in [4.78, 5) is 23.5. The molecule has 0 radical (unpaired) electrons. The second-order valence-electron chi connectivity index (χ2n) is 4.98. The highest BCUT2D eigenvalue weighted by Gasteiger charge is 2.18. The molecule has 1 heterocycles. The Morgan fingerprint density at radius 3 is 2.62 bits per heavy atom. The molecular formula is C17H12FN3O3. The predicted octanol–water partition coefficient (Wildman–Crippen LogP) is 3.33. The van der Waals surface area contributed by atoms with Crippen molar-refractivity contribution in [2.45, 2.75) is 6.92 Å². The summed E-state index contributed by atoms with van der Waals surface area (Å²) in [6.45, 7) is 1.43. The maximum absolute atomic E-state index is 13.7. The molecule has 1 aromatic heterocycles. The van der Waals surface area contributed by atoms with Crippen LogP contribution in [0.5, 0.6) is 0 Å². The number of benzene rings is 2. The number of hydrogen-bond donors (Lipinski definition) is 1. The van der Waals surface area contributed by atoms with Crippen LogP contribution in [0.15, 0.2) is 52.9 Å². The highest BCUT2D eigenvalue weighted by atomic mass is 19.1. The Labute approximate surface area is 136 Å². The molecule has 0 atom stereocenters. The summed E-state index contributed by atoms with van der Waals surface area (Å²) in [5.41, 5.74) is 0.992. The van der Waals surface area contributed by atoms with Crippen LogP contribution in [0.3, 0.4) is 0 Å². The van der Waals surface area contributed by atoms with E-state index >= 15 is 0 Å². The fourth-order valence-electron chi connectivity index (χ4n) is 2.06. The summed E-state index contributed by atoms with van der Waals surface area (Å²) in [6, 6.07) is 12.3. The lowest BCUT2D eigenvalue weighted by molar-refractivity contribution is 0.0987. The molecule has 0 saturated carbocycles. The number of halogens is 1. The number of anilines is 1. The molecule has 0 saturated heterocycles. The van der Waals surface area contributed by atoms with Gasteiger partial charge in [-0.15, -0.1) is 10.2 Å². The van der Waals surface area contributed by atoms with Crippen molar-refractivity contribution in [2.75, 3.05) is 5.32 Å². The number of rotatable bonds is 4. The highest BCUT2D eigenvalue weighted by Crippen LogP contribution is 2.21. The van der Waals surface area contributed by atoms with Gasteiger partial charge in [-0.05, 0) is 31.2 Å². The van der Waals surface area contributed by atoms with Crippen LogP contribution in [0.4, 0.5) is 10.1 Å². The molecule has 7 heteroatoms. The zero-order valence-electron chi connectivity index (χ0n) is 12.6. The van der Waals surface area contributed by atoms with E-state index in [0.717, 1.165) is 0 Å². The Balaban J connectivity index is 1.81. The number of Topliss-reactive ketones (excluding diaryl/α,β-unsaturated/α-hetero) is 1. The summed E-state index contributed by atoms with van der Waals surface area (Å²) in [5.74, 6) is -1.68. The third kappa shape index (κ3) is 3.19. The largest absolute Gasteiger partial charge is 0.412 e. The molecule has 0 aliphatic carbocycles. The van der Waals surface area contributed by atoms with Crippen molar-refractivity contribution in [3.63, 3.8) is 0 Å². The van der Waals surface area contributed by atoms with Crippen molar-refractivity contribution >= 4 is 17.4 Å². The first-order chi connectivity index (χ1) is 11.5. The van der Waals surface area contributed by atoms with Crippen molar-refractivity contribution in [1.82, 2.24) is 10.2 Å². The Kier molecular flexibility index (Phi) is 4.15. The molecule has 2 aromatic carbocycles. The first kappa shape index (κ1) is 15.5. The highest BCUT2D eigenvalue weighted by molar-refractivity contribution is 6.02. The third-order valence-electron chi connectivity index (χ3n) is 3.25. The molecule has 1 N–H and O–H groups in total. The molecule has 0 bridgehead atoms. The molecule has 6 nitrogen and oxygen atoms in total. The lowest BCUT2D eigenvalue weighted by Crippen LogP contribution is -2.12. The van der Waals surface area contributed by atoms with E-state index in [-0.39, 0.29) is 23.1 Å². The van der Waals surface area contributed by atoms with Gasteiger partial charge in [0.1, 0.15) is 5.82 Å². The Morgan fingerprint density at radius 1 is 1.08 bits per heavy atom. The van der Waals surface area contributed by atoms with Gasteiger partial charge in [0.2, 0.25) is 0 Å². The van der Waals surface area contributed by atoms with Gasteiger partial charge in [-0.1, -0.05) is 24.3 Å². The number of aromatic nitrogens is 2. The van der Waals surface area contributed by atoms with E-state index in [1.165, 1.54) is 31.2 Å². The van der Waals surface area contributed by atoms with Crippen LogP contribution >= 0.6 is 0 Å². The van der Waals surface area contributed by atoms with Gasteiger partial charge in [0, 0.05) is 11.3 Å². The number of nitrogens with one attached hydrogen (secondary N) is 1. The van der Waals surface area contributed by atoms with E-state index < -0.39 is 11.7 Å². The maximum atomic E-state index is 13.7. The molecule has 24 heavy (non-hydrogen) atoms. The van der Waals surface area contributed by atoms with Gasteiger partial charge >= 0.3 is 11.8 Å². The van der Waals surface area contributed by atoms with Crippen LogP contribution in [0.1, 0.15) is 28.0 Å². The minimum Gasteiger partial charge on any atom is -0.412 e. The number of hydrogen-bond acceptors (Lipinski definition) is 5. The van der Waals surface area contributed by atoms with Gasteiger partial charge in [-0.25, -0.2) is 4.39 Å². The van der Waals surface area contributed by atoms with Crippen LogP contribution in [-0.2, 0) is 0 Å². The maximum Gasteiger partial charge on any atom is 0.313 e. The molecule has 0 spiro atoms. The second-order valence-corrected chi connectivity index (χ2v) is 4.98. The molecule has 3 aromatic rings. The minimum atomic E-state index is -0.647. The quantitative estimate of drug-likeness (QED) is 0.744. The van der Waals surface area contributed by atoms with Crippen LogP contribution in [0.25, 0.3) is 11.5 Å². The normalized spacial score (nSPS) is 10.4. The lowest BCUT2D eigenvalue weighted by Gasteiger charge is -2.03. The molecule has 0 aliphatic heterocycles. The first-order valence-electron chi connectivity index (χ1n) is 7.05. The standard InChI is InChI=1S/C17H12FN3O3/c1-10(22)11-5-4-6-12(9-11)19-15(23)17-21-20-16(24-17)13-7-2-3-8-14(13)18/h2-9H,1H3,(H,19,23). The third-order valence-corrected chi connectivity index (χ3v) is 3.25. The van der Waals surface area contributed by atoms with Crippen LogP contribution in [-0.4, -0.2) is 21.9 Å². The van der Waals surface area contributed by atoms with Gasteiger partial charge in [0.15, 0.2) is 5.78 Å². The number of ketones is 1. The lowest BCUT2D eigenvalue weighted by atomic mass is 10.1. The first-order valence-corrected chi connectivity index (χ1v) is 7.05. The zero-order valence-corrected chi connectivity index (χ0v) is 12.6. The average Bonchev–Trinajstić information content (AvgIpc) is 3.05.